The highest BCUT2D eigenvalue weighted by atomic mass is 32.2. The number of hydrogen-bond acceptors (Lipinski definition) is 4. The molecule has 8 heteroatoms. The molecule has 1 aromatic heterocycles. The van der Waals surface area contributed by atoms with Gasteiger partial charge in [-0.2, -0.15) is 0 Å². The number of aromatic nitrogens is 1. The van der Waals surface area contributed by atoms with Gasteiger partial charge in [0.25, 0.3) is 10.0 Å². The van der Waals surface area contributed by atoms with Crippen LogP contribution in [0.25, 0.3) is 0 Å². The minimum Gasteiger partial charge on any atom is -0.372 e. The van der Waals surface area contributed by atoms with Crippen LogP contribution in [0.5, 0.6) is 0 Å². The van der Waals surface area contributed by atoms with Crippen molar-refractivity contribution in [1.82, 2.24) is 4.98 Å². The summed E-state index contributed by atoms with van der Waals surface area (Å²) in [6.45, 7) is 0. The van der Waals surface area contributed by atoms with Crippen LogP contribution < -0.4 is 10.0 Å². The maximum absolute atomic E-state index is 13.1. The van der Waals surface area contributed by atoms with E-state index in [0.29, 0.717) is 0 Å². The zero-order chi connectivity index (χ0) is 14.8. The van der Waals surface area contributed by atoms with Gasteiger partial charge in [0.05, 0.1) is 5.69 Å². The Morgan fingerprint density at radius 3 is 2.55 bits per heavy atom. The van der Waals surface area contributed by atoms with Crippen molar-refractivity contribution in [1.29, 1.82) is 0 Å². The van der Waals surface area contributed by atoms with Gasteiger partial charge in [-0.15, -0.1) is 0 Å². The van der Waals surface area contributed by atoms with E-state index in [1.54, 1.807) is 0 Å². The van der Waals surface area contributed by atoms with Gasteiger partial charge in [0.2, 0.25) is 0 Å². The summed E-state index contributed by atoms with van der Waals surface area (Å²) in [6, 6.07) is 5.55. The summed E-state index contributed by atoms with van der Waals surface area (Å²) in [4.78, 5) is 3.78. The number of halogens is 2. The SMILES string of the molecule is CNc1ncccc1S(=O)(=O)Nc1ccc(F)c(F)c1. The van der Waals surface area contributed by atoms with Gasteiger partial charge in [-0.3, -0.25) is 4.72 Å². The van der Waals surface area contributed by atoms with Gasteiger partial charge >= 0.3 is 0 Å². The Kier molecular flexibility index (Phi) is 3.84. The molecule has 2 N–H and O–H groups in total. The molecular formula is C12H11F2N3O2S. The molecule has 0 unspecified atom stereocenters. The number of rotatable bonds is 4. The van der Waals surface area contributed by atoms with Crippen LogP contribution in [-0.4, -0.2) is 20.4 Å². The van der Waals surface area contributed by atoms with E-state index in [1.807, 2.05) is 0 Å². The largest absolute Gasteiger partial charge is 0.372 e. The Bertz CT molecular complexity index is 735. The van der Waals surface area contributed by atoms with Crippen molar-refractivity contribution >= 4 is 21.5 Å². The molecule has 2 aromatic rings. The van der Waals surface area contributed by atoms with E-state index >= 15 is 0 Å². The first-order valence-corrected chi connectivity index (χ1v) is 7.03. The van der Waals surface area contributed by atoms with Crippen molar-refractivity contribution in [3.63, 3.8) is 0 Å². The molecule has 1 aromatic carbocycles. The predicted molar refractivity (Wildman–Crippen MR) is 71.0 cm³/mol. The zero-order valence-corrected chi connectivity index (χ0v) is 11.2. The molecule has 0 saturated heterocycles. The second-order valence-corrected chi connectivity index (χ2v) is 5.49. The van der Waals surface area contributed by atoms with Crippen molar-refractivity contribution in [2.45, 2.75) is 4.90 Å². The molecule has 0 fully saturated rings. The maximum atomic E-state index is 13.1. The fourth-order valence-corrected chi connectivity index (χ4v) is 2.78. The molecule has 20 heavy (non-hydrogen) atoms. The number of sulfonamides is 1. The van der Waals surface area contributed by atoms with Crippen LogP contribution in [0.1, 0.15) is 0 Å². The molecule has 0 atom stereocenters. The van der Waals surface area contributed by atoms with Crippen molar-refractivity contribution in [3.8, 4) is 0 Å². The Hall–Kier alpha value is -2.22. The minimum absolute atomic E-state index is 0.0743. The summed E-state index contributed by atoms with van der Waals surface area (Å²) >= 11 is 0. The molecule has 2 rings (SSSR count). The lowest BCUT2D eigenvalue weighted by molar-refractivity contribution is 0.509. The second kappa shape index (κ2) is 5.41. The molecule has 0 spiro atoms. The second-order valence-electron chi connectivity index (χ2n) is 3.83. The molecule has 1 heterocycles. The van der Waals surface area contributed by atoms with Gasteiger partial charge in [0.1, 0.15) is 10.7 Å². The van der Waals surface area contributed by atoms with Gasteiger partial charge < -0.3 is 5.32 Å². The number of pyridine rings is 1. The first kappa shape index (κ1) is 14.2. The van der Waals surface area contributed by atoms with Gasteiger partial charge in [0, 0.05) is 19.3 Å². The summed E-state index contributed by atoms with van der Waals surface area (Å²) in [7, 11) is -2.42. The molecule has 0 aliphatic rings. The van der Waals surface area contributed by atoms with Crippen LogP contribution in [0.4, 0.5) is 20.3 Å². The first-order valence-electron chi connectivity index (χ1n) is 5.54. The van der Waals surface area contributed by atoms with E-state index in [0.717, 1.165) is 18.2 Å². The van der Waals surface area contributed by atoms with E-state index in [4.69, 9.17) is 0 Å². The lowest BCUT2D eigenvalue weighted by atomic mass is 10.3. The van der Waals surface area contributed by atoms with Crippen molar-refractivity contribution in [2.24, 2.45) is 0 Å². The van der Waals surface area contributed by atoms with Crippen molar-refractivity contribution in [3.05, 3.63) is 48.2 Å². The van der Waals surface area contributed by atoms with E-state index < -0.39 is 21.7 Å². The average molecular weight is 299 g/mol. The summed E-state index contributed by atoms with van der Waals surface area (Å²) in [5, 5.41) is 2.64. The molecular weight excluding hydrogens is 288 g/mol. The highest BCUT2D eigenvalue weighted by Gasteiger charge is 2.19. The highest BCUT2D eigenvalue weighted by Crippen LogP contribution is 2.22. The number of benzene rings is 1. The molecule has 5 nitrogen and oxygen atoms in total. The number of nitrogens with zero attached hydrogens (tertiary/aromatic N) is 1. The van der Waals surface area contributed by atoms with Gasteiger partial charge in [0.15, 0.2) is 11.6 Å². The smallest absolute Gasteiger partial charge is 0.265 e. The molecule has 0 aliphatic heterocycles. The molecule has 0 amide bonds. The lowest BCUT2D eigenvalue weighted by Gasteiger charge is -2.11. The van der Waals surface area contributed by atoms with E-state index in [9.17, 15) is 17.2 Å². The molecule has 0 bridgehead atoms. The van der Waals surface area contributed by atoms with Crippen molar-refractivity contribution in [2.75, 3.05) is 17.1 Å². The highest BCUT2D eigenvalue weighted by molar-refractivity contribution is 7.92. The maximum Gasteiger partial charge on any atom is 0.265 e. The first-order chi connectivity index (χ1) is 9.44. The monoisotopic (exact) mass is 299 g/mol. The third kappa shape index (κ3) is 2.85. The third-order valence-corrected chi connectivity index (χ3v) is 3.88. The fraction of sp³-hybridized carbons (Fsp3) is 0.0833. The van der Waals surface area contributed by atoms with Crippen LogP contribution in [-0.2, 0) is 10.0 Å². The standard InChI is InChI=1S/C12H11F2N3O2S/c1-15-12-11(3-2-6-16-12)20(18,19)17-8-4-5-9(13)10(14)7-8/h2-7,17H,1H3,(H,15,16). The summed E-state index contributed by atoms with van der Waals surface area (Å²) in [5.41, 5.74) is -0.0743. The normalized spacial score (nSPS) is 11.2. The Balaban J connectivity index is 2.38. The third-order valence-electron chi connectivity index (χ3n) is 2.47. The van der Waals surface area contributed by atoms with Crippen LogP contribution in [0.3, 0.4) is 0 Å². The molecule has 0 saturated carbocycles. The van der Waals surface area contributed by atoms with E-state index in [1.165, 1.54) is 25.4 Å². The number of anilines is 2. The summed E-state index contributed by atoms with van der Waals surface area (Å²) < 4.78 is 52.4. The lowest BCUT2D eigenvalue weighted by Crippen LogP contribution is -2.15. The minimum atomic E-state index is -3.95. The molecule has 0 aliphatic carbocycles. The van der Waals surface area contributed by atoms with Crippen LogP contribution in [0.2, 0.25) is 0 Å². The van der Waals surface area contributed by atoms with E-state index in [2.05, 4.69) is 15.0 Å². The van der Waals surface area contributed by atoms with Gasteiger partial charge in [-0.25, -0.2) is 22.2 Å². The quantitative estimate of drug-likeness (QED) is 0.908. The topological polar surface area (TPSA) is 71.1 Å². The Morgan fingerprint density at radius 2 is 1.90 bits per heavy atom. The van der Waals surface area contributed by atoms with Gasteiger partial charge in [-0.1, -0.05) is 0 Å². The van der Waals surface area contributed by atoms with Crippen LogP contribution >= 0.6 is 0 Å². The Labute approximate surface area is 114 Å². The average Bonchev–Trinajstić information content (AvgIpc) is 2.42. The number of hydrogen-bond donors (Lipinski definition) is 2. The van der Waals surface area contributed by atoms with Crippen LogP contribution in [0.15, 0.2) is 41.4 Å². The van der Waals surface area contributed by atoms with Crippen molar-refractivity contribution < 1.29 is 17.2 Å². The molecule has 106 valence electrons. The van der Waals surface area contributed by atoms with Crippen LogP contribution in [0, 0.1) is 11.6 Å². The number of nitrogens with one attached hydrogen (secondary N) is 2. The summed E-state index contributed by atoms with van der Waals surface area (Å²) in [6.07, 6.45) is 1.43. The fourth-order valence-electron chi connectivity index (χ4n) is 1.56. The summed E-state index contributed by atoms with van der Waals surface area (Å²) in [5.74, 6) is -2.03. The molecule has 0 radical (unpaired) electrons. The predicted octanol–water partition coefficient (Wildman–Crippen LogP) is 2.20. The van der Waals surface area contributed by atoms with Gasteiger partial charge in [-0.05, 0) is 24.3 Å². The zero-order valence-electron chi connectivity index (χ0n) is 10.4. The van der Waals surface area contributed by atoms with E-state index in [-0.39, 0.29) is 16.4 Å². The Morgan fingerprint density at radius 1 is 1.15 bits per heavy atom.